The van der Waals surface area contributed by atoms with Crippen molar-refractivity contribution >= 4 is 27.9 Å². The van der Waals surface area contributed by atoms with E-state index in [0.29, 0.717) is 0 Å². The summed E-state index contributed by atoms with van der Waals surface area (Å²) in [5, 5.41) is 2.33. The number of hydrogen-bond acceptors (Lipinski definition) is 2. The minimum Gasteiger partial charge on any atom is -0.452 e. The molecule has 0 aliphatic heterocycles. The zero-order valence-corrected chi connectivity index (χ0v) is 21.5. The maximum absolute atomic E-state index is 13.5. The first kappa shape index (κ1) is 22.6. The Bertz CT molecular complexity index is 1810. The summed E-state index contributed by atoms with van der Waals surface area (Å²) >= 11 is 0. The summed E-state index contributed by atoms with van der Waals surface area (Å²) in [5.74, 6) is 0.412. The van der Waals surface area contributed by atoms with Crippen LogP contribution in [0.2, 0.25) is 0 Å². The summed E-state index contributed by atoms with van der Waals surface area (Å²) in [7, 11) is 1.46. The van der Waals surface area contributed by atoms with E-state index in [9.17, 15) is 4.79 Å². The van der Waals surface area contributed by atoms with Crippen molar-refractivity contribution in [1.82, 2.24) is 9.13 Å². The second kappa shape index (κ2) is 8.77. The molecule has 2 atom stereocenters. The number of methoxy groups -OCH3 is 1. The van der Waals surface area contributed by atoms with Crippen LogP contribution in [0.5, 0.6) is 0 Å². The third-order valence-corrected chi connectivity index (χ3v) is 8.15. The first-order valence-corrected chi connectivity index (χ1v) is 13.1. The Morgan fingerprint density at radius 1 is 0.711 bits per heavy atom. The van der Waals surface area contributed by atoms with Gasteiger partial charge in [-0.2, -0.15) is 0 Å². The fraction of sp³-hybridized carbons (Fsp3) is 0.147. The molecular weight excluding hydrogens is 468 g/mol. The van der Waals surface area contributed by atoms with Crippen molar-refractivity contribution in [3.8, 4) is 17.1 Å². The second-order valence-electron chi connectivity index (χ2n) is 10.1. The molecule has 0 bridgehead atoms. The number of fused-ring (bicyclic) bond motifs is 7. The molecule has 0 fully saturated rings. The van der Waals surface area contributed by atoms with Gasteiger partial charge in [0.1, 0.15) is 0 Å². The second-order valence-corrected chi connectivity index (χ2v) is 10.1. The van der Waals surface area contributed by atoms with E-state index in [2.05, 4.69) is 102 Å². The van der Waals surface area contributed by atoms with Crippen molar-refractivity contribution in [2.24, 2.45) is 0 Å². The summed E-state index contributed by atoms with van der Waals surface area (Å²) in [6, 6.07) is 38.0. The standard InChI is InChI=1S/C34H28N2O2/c1-22-27(21-23-13-5-3-6-14-23)31-26-18-10-12-20-29(26)36(34(37)38-2)33(31)32-30(22)25-17-9-11-19-28(25)35(32)24-15-7-4-8-16-24/h3-20,22,27H,21H2,1-2H3. The van der Waals surface area contributed by atoms with Crippen molar-refractivity contribution in [2.75, 3.05) is 7.11 Å². The Kier molecular flexibility index (Phi) is 5.22. The summed E-state index contributed by atoms with van der Waals surface area (Å²) < 4.78 is 9.53. The quantitative estimate of drug-likeness (QED) is 0.247. The molecule has 0 spiro atoms. The monoisotopic (exact) mass is 496 g/mol. The normalized spacial score (nSPS) is 16.4. The highest BCUT2D eigenvalue weighted by atomic mass is 16.5. The van der Waals surface area contributed by atoms with Gasteiger partial charge in [-0.25, -0.2) is 9.36 Å². The van der Waals surface area contributed by atoms with E-state index in [1.54, 1.807) is 4.57 Å². The first-order valence-electron chi connectivity index (χ1n) is 13.1. The number of hydrogen-bond donors (Lipinski definition) is 0. The maximum Gasteiger partial charge on any atom is 0.418 e. The fourth-order valence-corrected chi connectivity index (χ4v) is 6.56. The van der Waals surface area contributed by atoms with Gasteiger partial charge in [0.05, 0.1) is 29.5 Å². The van der Waals surface area contributed by atoms with Gasteiger partial charge in [0, 0.05) is 16.5 Å². The molecule has 2 unspecified atom stereocenters. The average molecular weight is 497 g/mol. The minimum atomic E-state index is -0.369. The van der Waals surface area contributed by atoms with Crippen molar-refractivity contribution in [3.63, 3.8) is 0 Å². The largest absolute Gasteiger partial charge is 0.452 e. The fourth-order valence-electron chi connectivity index (χ4n) is 6.56. The molecular formula is C34H28N2O2. The molecule has 4 heteroatoms. The molecule has 7 rings (SSSR count). The predicted octanol–water partition coefficient (Wildman–Crippen LogP) is 8.31. The topological polar surface area (TPSA) is 36.2 Å². The molecule has 2 heterocycles. The molecule has 0 N–H and O–H groups in total. The summed E-state index contributed by atoms with van der Waals surface area (Å²) in [6.45, 7) is 2.35. The van der Waals surface area contributed by atoms with Crippen LogP contribution in [0.1, 0.15) is 35.4 Å². The van der Waals surface area contributed by atoms with Gasteiger partial charge in [0.15, 0.2) is 0 Å². The van der Waals surface area contributed by atoms with Gasteiger partial charge in [-0.15, -0.1) is 0 Å². The highest BCUT2D eigenvalue weighted by molar-refractivity contribution is 6.05. The number of carbonyl (C=O) groups excluding carboxylic acids is 1. The Morgan fingerprint density at radius 2 is 1.29 bits per heavy atom. The highest BCUT2D eigenvalue weighted by Gasteiger charge is 2.41. The molecule has 2 aromatic heterocycles. The zero-order chi connectivity index (χ0) is 25.8. The Hall–Kier alpha value is -4.57. The van der Waals surface area contributed by atoms with Crippen LogP contribution in [0.25, 0.3) is 38.9 Å². The maximum atomic E-state index is 13.5. The van der Waals surface area contributed by atoms with Crippen LogP contribution in [0.3, 0.4) is 0 Å². The average Bonchev–Trinajstić information content (AvgIpc) is 3.49. The molecule has 186 valence electrons. The number of ether oxygens (including phenoxy) is 1. The Labute approximate surface area is 221 Å². The SMILES string of the molecule is COC(=O)n1c2c(c3ccccc31)C(Cc1ccccc1)C(C)c1c-2n(-c2ccccc2)c2ccccc12. The zero-order valence-electron chi connectivity index (χ0n) is 21.5. The van der Waals surface area contributed by atoms with E-state index in [-0.39, 0.29) is 17.9 Å². The number of para-hydroxylation sites is 3. The van der Waals surface area contributed by atoms with Crippen LogP contribution in [-0.4, -0.2) is 22.3 Å². The van der Waals surface area contributed by atoms with Gasteiger partial charge >= 0.3 is 6.09 Å². The molecule has 1 aliphatic rings. The van der Waals surface area contributed by atoms with Crippen molar-refractivity contribution in [1.29, 1.82) is 0 Å². The van der Waals surface area contributed by atoms with Crippen LogP contribution in [-0.2, 0) is 11.2 Å². The highest BCUT2D eigenvalue weighted by Crippen LogP contribution is 2.55. The molecule has 1 aliphatic carbocycles. The van der Waals surface area contributed by atoms with Crippen molar-refractivity contribution in [2.45, 2.75) is 25.2 Å². The van der Waals surface area contributed by atoms with Crippen molar-refractivity contribution in [3.05, 3.63) is 126 Å². The number of aromatic nitrogens is 2. The lowest BCUT2D eigenvalue weighted by atomic mass is 9.72. The van der Waals surface area contributed by atoms with Gasteiger partial charge in [0.25, 0.3) is 0 Å². The van der Waals surface area contributed by atoms with E-state index in [1.165, 1.54) is 29.2 Å². The van der Waals surface area contributed by atoms with Crippen LogP contribution < -0.4 is 0 Å². The third kappa shape index (κ3) is 3.20. The smallest absolute Gasteiger partial charge is 0.418 e. The first-order chi connectivity index (χ1) is 18.7. The predicted molar refractivity (Wildman–Crippen MR) is 153 cm³/mol. The van der Waals surface area contributed by atoms with Gasteiger partial charge in [-0.05, 0) is 59.2 Å². The molecule has 4 nitrogen and oxygen atoms in total. The van der Waals surface area contributed by atoms with E-state index < -0.39 is 0 Å². The molecule has 38 heavy (non-hydrogen) atoms. The van der Waals surface area contributed by atoms with Gasteiger partial charge < -0.3 is 9.30 Å². The van der Waals surface area contributed by atoms with Crippen LogP contribution >= 0.6 is 0 Å². The Morgan fingerprint density at radius 3 is 1.97 bits per heavy atom. The van der Waals surface area contributed by atoms with Crippen LogP contribution in [0, 0.1) is 0 Å². The molecule has 0 radical (unpaired) electrons. The molecule has 4 aromatic carbocycles. The number of rotatable bonds is 3. The van der Waals surface area contributed by atoms with Gasteiger partial charge in [0.2, 0.25) is 0 Å². The lowest BCUT2D eigenvalue weighted by Gasteiger charge is -2.32. The number of carbonyl (C=O) groups is 1. The van der Waals surface area contributed by atoms with Gasteiger partial charge in [-0.1, -0.05) is 91.9 Å². The molecule has 6 aromatic rings. The molecule has 0 amide bonds. The lowest BCUT2D eigenvalue weighted by Crippen LogP contribution is -2.21. The molecule has 0 saturated carbocycles. The third-order valence-electron chi connectivity index (χ3n) is 8.15. The summed E-state index contributed by atoms with van der Waals surface area (Å²) in [6.07, 6.45) is 0.514. The van der Waals surface area contributed by atoms with Crippen LogP contribution in [0.4, 0.5) is 4.79 Å². The Balaban J connectivity index is 1.65. The minimum absolute atomic E-state index is 0.186. The van der Waals surface area contributed by atoms with E-state index in [0.717, 1.165) is 39.9 Å². The number of benzene rings is 4. The van der Waals surface area contributed by atoms with E-state index in [4.69, 9.17) is 4.74 Å². The van der Waals surface area contributed by atoms with E-state index >= 15 is 0 Å². The summed E-state index contributed by atoms with van der Waals surface area (Å²) in [4.78, 5) is 13.5. The molecule has 0 saturated heterocycles. The summed E-state index contributed by atoms with van der Waals surface area (Å²) in [5.41, 5.74) is 8.90. The van der Waals surface area contributed by atoms with E-state index in [1.807, 2.05) is 18.2 Å². The van der Waals surface area contributed by atoms with Crippen molar-refractivity contribution < 1.29 is 9.53 Å². The van der Waals surface area contributed by atoms with Gasteiger partial charge in [-0.3, -0.25) is 0 Å². The van der Waals surface area contributed by atoms with Crippen LogP contribution in [0.15, 0.2) is 109 Å². The number of nitrogens with zero attached hydrogens (tertiary/aromatic N) is 2. The lowest BCUT2D eigenvalue weighted by molar-refractivity contribution is 0.174.